The van der Waals surface area contributed by atoms with Crippen LogP contribution in [0.2, 0.25) is 0 Å². The summed E-state index contributed by atoms with van der Waals surface area (Å²) < 4.78 is 13.2. The highest BCUT2D eigenvalue weighted by Gasteiger charge is 2.36. The number of carbonyl (C=O) groups is 1. The van der Waals surface area contributed by atoms with E-state index in [1.807, 2.05) is 12.1 Å². The Bertz CT molecular complexity index is 508. The summed E-state index contributed by atoms with van der Waals surface area (Å²) >= 11 is 0. The first-order valence-electron chi connectivity index (χ1n) is 8.46. The molecule has 2 fully saturated rings. The van der Waals surface area contributed by atoms with Crippen molar-refractivity contribution in [2.75, 3.05) is 13.1 Å². The number of carbonyl (C=O) groups excluding carboxylic acids is 1. The maximum Gasteiger partial charge on any atom is 0.220 e. The van der Waals surface area contributed by atoms with Gasteiger partial charge in [0, 0.05) is 6.42 Å². The molecule has 1 aromatic carbocycles. The summed E-state index contributed by atoms with van der Waals surface area (Å²) in [5, 5.41) is 6.61. The average Bonchev–Trinajstić information content (AvgIpc) is 3.18. The molecule has 0 aromatic heterocycles. The maximum absolute atomic E-state index is 13.2. The fraction of sp³-hybridized carbons (Fsp3) is 0.611. The molecule has 1 aliphatic heterocycles. The fourth-order valence-electron chi connectivity index (χ4n) is 3.86. The topological polar surface area (TPSA) is 41.1 Å². The minimum atomic E-state index is -0.279. The number of hydrogen-bond donors (Lipinski definition) is 2. The first-order chi connectivity index (χ1) is 10.7. The lowest BCUT2D eigenvalue weighted by atomic mass is 9.87. The van der Waals surface area contributed by atoms with Gasteiger partial charge in [-0.3, -0.25) is 4.79 Å². The minimum absolute atomic E-state index is 0. The van der Waals surface area contributed by atoms with Gasteiger partial charge in [0.1, 0.15) is 5.82 Å². The highest BCUT2D eigenvalue weighted by atomic mass is 35.5. The molecular formula is C18H26ClFN2O. The van der Waals surface area contributed by atoms with E-state index in [0.717, 1.165) is 50.8 Å². The van der Waals surface area contributed by atoms with Crippen LogP contribution in [0.3, 0.4) is 0 Å². The van der Waals surface area contributed by atoms with Crippen molar-refractivity contribution in [2.45, 2.75) is 50.5 Å². The smallest absolute Gasteiger partial charge is 0.220 e. The van der Waals surface area contributed by atoms with E-state index in [9.17, 15) is 9.18 Å². The van der Waals surface area contributed by atoms with Gasteiger partial charge in [-0.15, -0.1) is 12.4 Å². The Hall–Kier alpha value is -1.13. The normalized spacial score (nSPS) is 22.6. The van der Waals surface area contributed by atoms with Crippen molar-refractivity contribution in [3.05, 3.63) is 35.6 Å². The Kier molecular flexibility index (Phi) is 6.42. The molecule has 0 radical (unpaired) electrons. The molecule has 1 heterocycles. The van der Waals surface area contributed by atoms with E-state index in [0.29, 0.717) is 12.3 Å². The summed E-state index contributed by atoms with van der Waals surface area (Å²) in [4.78, 5) is 12.4. The van der Waals surface area contributed by atoms with E-state index >= 15 is 0 Å². The quantitative estimate of drug-likeness (QED) is 0.861. The van der Waals surface area contributed by atoms with E-state index in [1.54, 1.807) is 0 Å². The van der Waals surface area contributed by atoms with Gasteiger partial charge in [-0.05, 0) is 62.4 Å². The van der Waals surface area contributed by atoms with Crippen molar-refractivity contribution in [1.29, 1.82) is 0 Å². The minimum Gasteiger partial charge on any atom is -0.347 e. The van der Waals surface area contributed by atoms with Crippen molar-refractivity contribution in [3.8, 4) is 0 Å². The summed E-state index contributed by atoms with van der Waals surface area (Å²) in [5.41, 5.74) is 0.765. The van der Waals surface area contributed by atoms with Crippen LogP contribution in [-0.4, -0.2) is 19.0 Å². The molecule has 0 bridgehead atoms. The van der Waals surface area contributed by atoms with Crippen molar-refractivity contribution < 1.29 is 9.18 Å². The Balaban J connectivity index is 0.00000192. The second kappa shape index (κ2) is 8.11. The van der Waals surface area contributed by atoms with E-state index < -0.39 is 0 Å². The van der Waals surface area contributed by atoms with Gasteiger partial charge in [0.15, 0.2) is 0 Å². The standard InChI is InChI=1S/C18H25FN2O.ClH/c19-16-6-4-15(5-7-16)18(10-1-2-11-18)21-17(22)8-3-14-9-12-20-13-14;/h4-7,14,20H,1-3,8-13H2,(H,21,22);1H. The van der Waals surface area contributed by atoms with Crippen molar-refractivity contribution >= 4 is 18.3 Å². The number of nitrogens with one attached hydrogen (secondary N) is 2. The maximum atomic E-state index is 13.2. The van der Waals surface area contributed by atoms with Gasteiger partial charge < -0.3 is 10.6 Å². The molecule has 128 valence electrons. The first-order valence-corrected chi connectivity index (χ1v) is 8.46. The van der Waals surface area contributed by atoms with E-state index in [2.05, 4.69) is 10.6 Å². The zero-order valence-corrected chi connectivity index (χ0v) is 14.3. The monoisotopic (exact) mass is 340 g/mol. The highest BCUT2D eigenvalue weighted by Crippen LogP contribution is 2.39. The molecule has 1 aliphatic carbocycles. The highest BCUT2D eigenvalue weighted by molar-refractivity contribution is 5.85. The molecular weight excluding hydrogens is 315 g/mol. The van der Waals surface area contributed by atoms with Crippen LogP contribution in [0.25, 0.3) is 0 Å². The number of amides is 1. The van der Waals surface area contributed by atoms with Gasteiger partial charge in [-0.2, -0.15) is 0 Å². The summed E-state index contributed by atoms with van der Waals surface area (Å²) in [5.74, 6) is 0.547. The second-order valence-corrected chi connectivity index (χ2v) is 6.74. The molecule has 1 atom stereocenters. The Morgan fingerprint density at radius 1 is 1.26 bits per heavy atom. The number of hydrogen-bond acceptors (Lipinski definition) is 2. The number of rotatable bonds is 5. The van der Waals surface area contributed by atoms with Gasteiger partial charge >= 0.3 is 0 Å². The van der Waals surface area contributed by atoms with Crippen LogP contribution in [0.1, 0.15) is 50.5 Å². The van der Waals surface area contributed by atoms with Crippen LogP contribution in [0, 0.1) is 11.7 Å². The lowest BCUT2D eigenvalue weighted by molar-refractivity contribution is -0.123. The lowest BCUT2D eigenvalue weighted by Gasteiger charge is -2.31. The van der Waals surface area contributed by atoms with Crippen molar-refractivity contribution in [2.24, 2.45) is 5.92 Å². The summed E-state index contributed by atoms with van der Waals surface area (Å²) in [6.07, 6.45) is 6.86. The molecule has 3 rings (SSSR count). The third-order valence-electron chi connectivity index (χ3n) is 5.17. The second-order valence-electron chi connectivity index (χ2n) is 6.74. The van der Waals surface area contributed by atoms with Gasteiger partial charge in [-0.1, -0.05) is 25.0 Å². The van der Waals surface area contributed by atoms with Crippen LogP contribution >= 0.6 is 12.4 Å². The summed E-state index contributed by atoms with van der Waals surface area (Å²) in [6, 6.07) is 6.63. The Morgan fingerprint density at radius 3 is 2.57 bits per heavy atom. The zero-order chi connectivity index (χ0) is 15.4. The lowest BCUT2D eigenvalue weighted by Crippen LogP contribution is -2.43. The van der Waals surface area contributed by atoms with E-state index in [-0.39, 0.29) is 29.7 Å². The predicted octanol–water partition coefficient (Wildman–Crippen LogP) is 3.52. The van der Waals surface area contributed by atoms with Gasteiger partial charge in [0.25, 0.3) is 0 Å². The van der Waals surface area contributed by atoms with Crippen molar-refractivity contribution in [1.82, 2.24) is 10.6 Å². The van der Waals surface area contributed by atoms with E-state index in [1.165, 1.54) is 18.6 Å². The van der Waals surface area contributed by atoms with Crippen LogP contribution in [0.15, 0.2) is 24.3 Å². The Labute approximate surface area is 143 Å². The molecule has 0 spiro atoms. The average molecular weight is 341 g/mol. The summed E-state index contributed by atoms with van der Waals surface area (Å²) in [7, 11) is 0. The molecule has 1 saturated carbocycles. The largest absolute Gasteiger partial charge is 0.347 e. The number of benzene rings is 1. The molecule has 2 aliphatic rings. The molecule has 5 heteroatoms. The van der Waals surface area contributed by atoms with Crippen molar-refractivity contribution in [3.63, 3.8) is 0 Å². The predicted molar refractivity (Wildman–Crippen MR) is 92.1 cm³/mol. The molecule has 1 aromatic rings. The number of halogens is 2. The van der Waals surface area contributed by atoms with Gasteiger partial charge in [0.2, 0.25) is 5.91 Å². The molecule has 1 amide bonds. The molecule has 1 saturated heterocycles. The summed E-state index contributed by atoms with van der Waals surface area (Å²) in [6.45, 7) is 2.11. The molecule has 3 nitrogen and oxygen atoms in total. The third kappa shape index (κ3) is 4.45. The van der Waals surface area contributed by atoms with Crippen LogP contribution in [0.5, 0.6) is 0 Å². The third-order valence-corrected chi connectivity index (χ3v) is 5.17. The Morgan fingerprint density at radius 2 is 1.96 bits per heavy atom. The first kappa shape index (κ1) is 18.2. The molecule has 1 unspecified atom stereocenters. The fourth-order valence-corrected chi connectivity index (χ4v) is 3.86. The van der Waals surface area contributed by atoms with E-state index in [4.69, 9.17) is 0 Å². The molecule has 2 N–H and O–H groups in total. The van der Waals surface area contributed by atoms with Crippen LogP contribution in [0.4, 0.5) is 4.39 Å². The van der Waals surface area contributed by atoms with Gasteiger partial charge in [0.05, 0.1) is 5.54 Å². The van der Waals surface area contributed by atoms with Crippen LogP contribution < -0.4 is 10.6 Å². The molecule has 23 heavy (non-hydrogen) atoms. The van der Waals surface area contributed by atoms with Gasteiger partial charge in [-0.25, -0.2) is 4.39 Å². The van der Waals surface area contributed by atoms with Crippen LogP contribution in [-0.2, 0) is 10.3 Å². The zero-order valence-electron chi connectivity index (χ0n) is 13.4. The SMILES string of the molecule is Cl.O=C(CCC1CCNC1)NC1(c2ccc(F)cc2)CCCC1.